The lowest BCUT2D eigenvalue weighted by Crippen LogP contribution is -2.36. The Kier molecular flexibility index (Phi) is 4.42. The molecule has 0 saturated heterocycles. The van der Waals surface area contributed by atoms with E-state index in [0.717, 1.165) is 0 Å². The minimum atomic E-state index is -1.30. The molecular formula is C11H14O4. The monoisotopic (exact) mass is 210 g/mol. The molecule has 0 saturated carbocycles. The minimum absolute atomic E-state index is 0.413. The number of aliphatic hydroxyl groups excluding tert-OH is 1. The lowest BCUT2D eigenvalue weighted by atomic mass is 10.1. The second kappa shape index (κ2) is 5.60. The second-order valence-corrected chi connectivity index (χ2v) is 3.01. The number of aliphatic hydroxyl groups is 1. The number of hydrogen-bond donors (Lipinski definition) is 1. The quantitative estimate of drug-likeness (QED) is 0.578. The minimum Gasteiger partial charge on any atom is -0.380 e. The van der Waals surface area contributed by atoms with E-state index in [1.807, 2.05) is 0 Å². The van der Waals surface area contributed by atoms with Crippen LogP contribution in [0.15, 0.2) is 30.3 Å². The first-order valence-electron chi connectivity index (χ1n) is 4.53. The van der Waals surface area contributed by atoms with Crippen molar-refractivity contribution in [3.63, 3.8) is 0 Å². The van der Waals surface area contributed by atoms with Gasteiger partial charge >= 0.3 is 0 Å². The molecule has 0 aliphatic heterocycles. The van der Waals surface area contributed by atoms with Crippen molar-refractivity contribution in [3.8, 4) is 0 Å². The SMILES string of the molecule is COC(OC)[C@@H](O)C(=O)c1ccccc1. The summed E-state index contributed by atoms with van der Waals surface area (Å²) in [6.45, 7) is 0. The van der Waals surface area contributed by atoms with Crippen LogP contribution in [0.5, 0.6) is 0 Å². The third kappa shape index (κ3) is 2.86. The number of carbonyl (C=O) groups excluding carboxylic acids is 1. The maximum atomic E-state index is 11.7. The van der Waals surface area contributed by atoms with Gasteiger partial charge in [0.1, 0.15) is 0 Å². The maximum Gasteiger partial charge on any atom is 0.196 e. The molecule has 0 fully saturated rings. The van der Waals surface area contributed by atoms with Gasteiger partial charge in [-0.25, -0.2) is 0 Å². The Bertz CT molecular complexity index is 306. The summed E-state index contributed by atoms with van der Waals surface area (Å²) in [5, 5.41) is 9.63. The van der Waals surface area contributed by atoms with Crippen molar-refractivity contribution >= 4 is 5.78 Å². The molecule has 4 nitrogen and oxygen atoms in total. The van der Waals surface area contributed by atoms with Crippen molar-refractivity contribution in [2.24, 2.45) is 0 Å². The maximum absolute atomic E-state index is 11.7. The summed E-state index contributed by atoms with van der Waals surface area (Å²) in [6, 6.07) is 8.53. The molecule has 0 spiro atoms. The highest BCUT2D eigenvalue weighted by Gasteiger charge is 2.26. The molecule has 1 aromatic rings. The smallest absolute Gasteiger partial charge is 0.196 e. The normalized spacial score (nSPS) is 12.8. The van der Waals surface area contributed by atoms with Gasteiger partial charge in [-0.05, 0) is 0 Å². The Morgan fingerprint density at radius 2 is 1.73 bits per heavy atom. The highest BCUT2D eigenvalue weighted by Crippen LogP contribution is 2.08. The van der Waals surface area contributed by atoms with Crippen molar-refractivity contribution in [1.29, 1.82) is 0 Å². The molecule has 0 aromatic heterocycles. The standard InChI is InChI=1S/C11H14O4/c1-14-11(15-2)10(13)9(12)8-6-4-3-5-7-8/h3-7,10-11,13H,1-2H3/t10-/m0/s1. The van der Waals surface area contributed by atoms with Crippen LogP contribution in [0.1, 0.15) is 10.4 Å². The summed E-state index contributed by atoms with van der Waals surface area (Å²) in [6.07, 6.45) is -2.24. The van der Waals surface area contributed by atoms with Crippen LogP contribution < -0.4 is 0 Å². The zero-order valence-corrected chi connectivity index (χ0v) is 8.71. The fraction of sp³-hybridized carbons (Fsp3) is 0.364. The highest BCUT2D eigenvalue weighted by molar-refractivity contribution is 5.99. The van der Waals surface area contributed by atoms with E-state index in [2.05, 4.69) is 0 Å². The third-order valence-electron chi connectivity index (χ3n) is 2.05. The van der Waals surface area contributed by atoms with Crippen molar-refractivity contribution in [2.75, 3.05) is 14.2 Å². The predicted molar refractivity (Wildman–Crippen MR) is 54.6 cm³/mol. The van der Waals surface area contributed by atoms with E-state index in [1.54, 1.807) is 30.3 Å². The van der Waals surface area contributed by atoms with Crippen LogP contribution in [-0.4, -0.2) is 37.5 Å². The fourth-order valence-electron chi connectivity index (χ4n) is 1.25. The van der Waals surface area contributed by atoms with Gasteiger partial charge in [0.15, 0.2) is 18.2 Å². The van der Waals surface area contributed by atoms with E-state index in [1.165, 1.54) is 14.2 Å². The summed E-state index contributed by atoms with van der Waals surface area (Å²) in [5.74, 6) is -0.413. The Morgan fingerprint density at radius 1 is 1.20 bits per heavy atom. The first-order valence-corrected chi connectivity index (χ1v) is 4.53. The van der Waals surface area contributed by atoms with Gasteiger partial charge < -0.3 is 14.6 Å². The number of ketones is 1. The number of ether oxygens (including phenoxy) is 2. The van der Waals surface area contributed by atoms with Gasteiger partial charge in [-0.1, -0.05) is 30.3 Å². The van der Waals surface area contributed by atoms with Crippen molar-refractivity contribution < 1.29 is 19.4 Å². The Balaban J connectivity index is 2.77. The molecule has 1 atom stereocenters. The van der Waals surface area contributed by atoms with Gasteiger partial charge in [0.25, 0.3) is 0 Å². The molecule has 0 aliphatic carbocycles. The van der Waals surface area contributed by atoms with Crippen LogP contribution in [0, 0.1) is 0 Å². The lowest BCUT2D eigenvalue weighted by Gasteiger charge is -2.18. The van der Waals surface area contributed by atoms with Crippen LogP contribution >= 0.6 is 0 Å². The number of hydrogen-bond acceptors (Lipinski definition) is 4. The van der Waals surface area contributed by atoms with E-state index < -0.39 is 18.2 Å². The fourth-order valence-corrected chi connectivity index (χ4v) is 1.25. The molecule has 0 unspecified atom stereocenters. The zero-order valence-electron chi connectivity index (χ0n) is 8.71. The van der Waals surface area contributed by atoms with E-state index in [4.69, 9.17) is 9.47 Å². The number of Topliss-reactive ketones (excluding diaryl/α,β-unsaturated/α-hetero) is 1. The second-order valence-electron chi connectivity index (χ2n) is 3.01. The summed E-state index contributed by atoms with van der Waals surface area (Å²) in [7, 11) is 2.74. The van der Waals surface area contributed by atoms with E-state index in [0.29, 0.717) is 5.56 Å². The molecule has 15 heavy (non-hydrogen) atoms. The van der Waals surface area contributed by atoms with E-state index >= 15 is 0 Å². The number of benzene rings is 1. The molecule has 0 bridgehead atoms. The van der Waals surface area contributed by atoms with Crippen LogP contribution in [-0.2, 0) is 9.47 Å². The largest absolute Gasteiger partial charge is 0.380 e. The first kappa shape index (κ1) is 11.8. The molecule has 4 heteroatoms. The topological polar surface area (TPSA) is 55.8 Å². The molecule has 1 N–H and O–H groups in total. The third-order valence-corrected chi connectivity index (χ3v) is 2.05. The molecule has 1 aromatic carbocycles. The van der Waals surface area contributed by atoms with E-state index in [-0.39, 0.29) is 0 Å². The van der Waals surface area contributed by atoms with Crippen molar-refractivity contribution in [2.45, 2.75) is 12.4 Å². The van der Waals surface area contributed by atoms with Gasteiger partial charge in [0.05, 0.1) is 0 Å². The van der Waals surface area contributed by atoms with Crippen LogP contribution in [0.4, 0.5) is 0 Å². The van der Waals surface area contributed by atoms with Gasteiger partial charge in [-0.15, -0.1) is 0 Å². The number of rotatable bonds is 5. The van der Waals surface area contributed by atoms with Crippen LogP contribution in [0.2, 0.25) is 0 Å². The van der Waals surface area contributed by atoms with Crippen molar-refractivity contribution in [3.05, 3.63) is 35.9 Å². The highest BCUT2D eigenvalue weighted by atomic mass is 16.7. The zero-order chi connectivity index (χ0) is 11.3. The molecular weight excluding hydrogens is 196 g/mol. The molecule has 0 heterocycles. The molecule has 0 aliphatic rings. The number of carbonyl (C=O) groups is 1. The van der Waals surface area contributed by atoms with Crippen LogP contribution in [0.3, 0.4) is 0 Å². The Morgan fingerprint density at radius 3 is 2.20 bits per heavy atom. The summed E-state index contributed by atoms with van der Waals surface area (Å²) in [4.78, 5) is 11.7. The Labute approximate surface area is 88.4 Å². The number of methoxy groups -OCH3 is 2. The van der Waals surface area contributed by atoms with E-state index in [9.17, 15) is 9.90 Å². The van der Waals surface area contributed by atoms with Gasteiger partial charge in [-0.2, -0.15) is 0 Å². The summed E-state index contributed by atoms with van der Waals surface area (Å²) in [5.41, 5.74) is 0.434. The molecule has 0 radical (unpaired) electrons. The van der Waals surface area contributed by atoms with Crippen molar-refractivity contribution in [1.82, 2.24) is 0 Å². The van der Waals surface area contributed by atoms with Crippen LogP contribution in [0.25, 0.3) is 0 Å². The first-order chi connectivity index (χ1) is 7.20. The lowest BCUT2D eigenvalue weighted by molar-refractivity contribution is -0.150. The summed E-state index contributed by atoms with van der Waals surface area (Å²) < 4.78 is 9.62. The summed E-state index contributed by atoms with van der Waals surface area (Å²) >= 11 is 0. The van der Waals surface area contributed by atoms with Gasteiger partial charge in [0.2, 0.25) is 0 Å². The predicted octanol–water partition coefficient (Wildman–Crippen LogP) is 0.849. The Hall–Kier alpha value is -1.23. The van der Waals surface area contributed by atoms with Gasteiger partial charge in [-0.3, -0.25) is 4.79 Å². The molecule has 82 valence electrons. The average Bonchev–Trinajstić information content (AvgIpc) is 2.30. The van der Waals surface area contributed by atoms with Gasteiger partial charge in [0, 0.05) is 19.8 Å². The average molecular weight is 210 g/mol. The molecule has 0 amide bonds. The molecule has 1 rings (SSSR count).